The molecule has 1 fully saturated rings. The van der Waals surface area contributed by atoms with Crippen molar-refractivity contribution in [2.45, 2.75) is 22.8 Å². The van der Waals surface area contributed by atoms with Crippen molar-refractivity contribution in [3.63, 3.8) is 0 Å². The third-order valence-corrected chi connectivity index (χ3v) is 7.04. The number of benzene rings is 2. The van der Waals surface area contributed by atoms with Gasteiger partial charge in [-0.05, 0) is 43.1 Å². The molecule has 142 valence electrons. The Labute approximate surface area is 170 Å². The van der Waals surface area contributed by atoms with Crippen LogP contribution >= 0.6 is 23.4 Å². The maximum absolute atomic E-state index is 6.44. The minimum absolute atomic E-state index is 0.819. The number of piperazine rings is 1. The van der Waals surface area contributed by atoms with E-state index in [1.54, 1.807) is 11.8 Å². The second-order valence-corrected chi connectivity index (χ2v) is 8.53. The zero-order chi connectivity index (χ0) is 18.6. The predicted octanol–water partition coefficient (Wildman–Crippen LogP) is 4.82. The molecule has 1 aromatic heterocycles. The lowest BCUT2D eigenvalue weighted by Crippen LogP contribution is -2.43. The first-order valence-electron chi connectivity index (χ1n) is 9.66. The van der Waals surface area contributed by atoms with Crippen molar-refractivity contribution >= 4 is 34.3 Å². The molecule has 27 heavy (non-hydrogen) atoms. The molecule has 0 bridgehead atoms. The molecule has 0 atom stereocenters. The van der Waals surface area contributed by atoms with Crippen LogP contribution in [0, 0.1) is 0 Å². The first-order chi connectivity index (χ1) is 13.2. The molecule has 1 saturated heterocycles. The Bertz CT molecular complexity index is 915. The summed E-state index contributed by atoms with van der Waals surface area (Å²) >= 11 is 8.23. The van der Waals surface area contributed by atoms with Crippen molar-refractivity contribution in [3.05, 3.63) is 59.1 Å². The van der Waals surface area contributed by atoms with Crippen molar-refractivity contribution in [1.82, 2.24) is 14.8 Å². The van der Waals surface area contributed by atoms with Gasteiger partial charge in [-0.25, -0.2) is 0 Å². The highest BCUT2D eigenvalue weighted by Crippen LogP contribution is 2.39. The molecule has 0 unspecified atom stereocenters. The zero-order valence-electron chi connectivity index (χ0n) is 15.7. The van der Waals surface area contributed by atoms with E-state index in [1.165, 1.54) is 34.5 Å². The number of hydrogen-bond acceptors (Lipinski definition) is 3. The molecule has 1 aliphatic heterocycles. The standard InChI is InChI=1S/C22H26ClN3S/c1-25-20-10-4-2-7-17(20)18(8-6-14-26-15-12-24-13-16-26)22(25)27-21-11-5-3-9-19(21)23/h2-5,7,9-11,24H,6,8,12-16H2,1H3. The number of hydrogen-bond donors (Lipinski definition) is 1. The Morgan fingerprint density at radius 1 is 1.04 bits per heavy atom. The van der Waals surface area contributed by atoms with E-state index in [1.807, 2.05) is 12.1 Å². The van der Waals surface area contributed by atoms with Gasteiger partial charge < -0.3 is 14.8 Å². The number of nitrogens with one attached hydrogen (secondary N) is 1. The summed E-state index contributed by atoms with van der Waals surface area (Å²) in [6.45, 7) is 5.72. The molecular weight excluding hydrogens is 374 g/mol. The van der Waals surface area contributed by atoms with Gasteiger partial charge in [-0.1, -0.05) is 53.7 Å². The van der Waals surface area contributed by atoms with Gasteiger partial charge in [0.05, 0.1) is 10.0 Å². The molecule has 0 radical (unpaired) electrons. The highest BCUT2D eigenvalue weighted by Gasteiger charge is 2.17. The monoisotopic (exact) mass is 399 g/mol. The summed E-state index contributed by atoms with van der Waals surface area (Å²) in [7, 11) is 2.17. The summed E-state index contributed by atoms with van der Waals surface area (Å²) in [5.74, 6) is 0. The lowest BCUT2D eigenvalue weighted by atomic mass is 10.1. The molecule has 5 heteroatoms. The first kappa shape index (κ1) is 18.9. The van der Waals surface area contributed by atoms with Crippen LogP contribution in [0.2, 0.25) is 5.02 Å². The number of fused-ring (bicyclic) bond motifs is 1. The van der Waals surface area contributed by atoms with E-state index >= 15 is 0 Å². The Hall–Kier alpha value is -1.46. The van der Waals surface area contributed by atoms with E-state index in [-0.39, 0.29) is 0 Å². The fourth-order valence-corrected chi connectivity index (χ4v) is 5.21. The van der Waals surface area contributed by atoms with Gasteiger partial charge in [0.15, 0.2) is 0 Å². The van der Waals surface area contributed by atoms with Crippen LogP contribution in [-0.4, -0.2) is 42.2 Å². The second kappa shape index (κ2) is 8.70. The van der Waals surface area contributed by atoms with Crippen molar-refractivity contribution in [2.24, 2.45) is 7.05 Å². The lowest BCUT2D eigenvalue weighted by Gasteiger charge is -2.27. The van der Waals surface area contributed by atoms with Crippen LogP contribution in [0.4, 0.5) is 0 Å². The predicted molar refractivity (Wildman–Crippen MR) is 116 cm³/mol. The minimum atomic E-state index is 0.819. The summed E-state index contributed by atoms with van der Waals surface area (Å²) in [6.07, 6.45) is 2.28. The van der Waals surface area contributed by atoms with Crippen LogP contribution in [0.1, 0.15) is 12.0 Å². The smallest absolute Gasteiger partial charge is 0.0837 e. The highest BCUT2D eigenvalue weighted by atomic mass is 35.5. The topological polar surface area (TPSA) is 20.2 Å². The van der Waals surface area contributed by atoms with Gasteiger partial charge in [0.1, 0.15) is 0 Å². The maximum Gasteiger partial charge on any atom is 0.0837 e. The molecular formula is C22H26ClN3S. The van der Waals surface area contributed by atoms with Crippen LogP contribution in [0.3, 0.4) is 0 Å². The number of nitrogens with zero attached hydrogens (tertiary/aromatic N) is 2. The van der Waals surface area contributed by atoms with E-state index in [4.69, 9.17) is 11.6 Å². The maximum atomic E-state index is 6.44. The minimum Gasteiger partial charge on any atom is -0.338 e. The van der Waals surface area contributed by atoms with E-state index in [0.717, 1.165) is 42.5 Å². The zero-order valence-corrected chi connectivity index (χ0v) is 17.3. The Morgan fingerprint density at radius 2 is 1.78 bits per heavy atom. The van der Waals surface area contributed by atoms with Crippen molar-refractivity contribution in [3.8, 4) is 0 Å². The Balaban J connectivity index is 1.60. The van der Waals surface area contributed by atoms with E-state index in [9.17, 15) is 0 Å². The van der Waals surface area contributed by atoms with Crippen LogP contribution in [-0.2, 0) is 13.5 Å². The summed E-state index contributed by atoms with van der Waals surface area (Å²) in [5.41, 5.74) is 2.75. The van der Waals surface area contributed by atoms with Crippen LogP contribution in [0.5, 0.6) is 0 Å². The van der Waals surface area contributed by atoms with Gasteiger partial charge in [0.2, 0.25) is 0 Å². The summed E-state index contributed by atoms with van der Waals surface area (Å²) in [5, 5.41) is 6.93. The van der Waals surface area contributed by atoms with Crippen LogP contribution in [0.25, 0.3) is 10.9 Å². The van der Waals surface area contributed by atoms with Gasteiger partial charge in [0.25, 0.3) is 0 Å². The second-order valence-electron chi connectivity index (χ2n) is 7.09. The SMILES string of the molecule is Cn1c(Sc2ccccc2Cl)c(CCCN2CCNCC2)c2ccccc21. The Morgan fingerprint density at radius 3 is 2.59 bits per heavy atom. The summed E-state index contributed by atoms with van der Waals surface area (Å²) in [4.78, 5) is 3.69. The lowest BCUT2D eigenvalue weighted by molar-refractivity contribution is 0.238. The fourth-order valence-electron chi connectivity index (χ4n) is 3.87. The van der Waals surface area contributed by atoms with Gasteiger partial charge in [-0.15, -0.1) is 0 Å². The highest BCUT2D eigenvalue weighted by molar-refractivity contribution is 7.99. The fraction of sp³-hybridized carbons (Fsp3) is 0.364. The molecule has 1 N–H and O–H groups in total. The quantitative estimate of drug-likeness (QED) is 0.641. The van der Waals surface area contributed by atoms with Gasteiger partial charge >= 0.3 is 0 Å². The van der Waals surface area contributed by atoms with Gasteiger partial charge in [0, 0.05) is 49.0 Å². The largest absolute Gasteiger partial charge is 0.338 e. The van der Waals surface area contributed by atoms with Crippen molar-refractivity contribution < 1.29 is 0 Å². The van der Waals surface area contributed by atoms with Gasteiger partial charge in [-0.3, -0.25) is 0 Å². The molecule has 3 aromatic rings. The van der Waals surface area contributed by atoms with Crippen LogP contribution < -0.4 is 5.32 Å². The number of aromatic nitrogens is 1. The molecule has 2 aromatic carbocycles. The number of para-hydroxylation sites is 1. The number of rotatable bonds is 6. The molecule has 0 saturated carbocycles. The molecule has 3 nitrogen and oxygen atoms in total. The number of halogens is 1. The number of aryl methyl sites for hydroxylation is 2. The van der Waals surface area contributed by atoms with Crippen molar-refractivity contribution in [1.29, 1.82) is 0 Å². The van der Waals surface area contributed by atoms with Gasteiger partial charge in [-0.2, -0.15) is 0 Å². The third kappa shape index (κ3) is 4.19. The van der Waals surface area contributed by atoms with E-state index in [2.05, 4.69) is 58.2 Å². The van der Waals surface area contributed by atoms with Crippen LogP contribution in [0.15, 0.2) is 58.5 Å². The summed E-state index contributed by atoms with van der Waals surface area (Å²) < 4.78 is 2.32. The summed E-state index contributed by atoms with van der Waals surface area (Å²) in [6, 6.07) is 16.9. The van der Waals surface area contributed by atoms with E-state index in [0.29, 0.717) is 0 Å². The Kier molecular flexibility index (Phi) is 6.08. The molecule has 2 heterocycles. The molecule has 0 aliphatic carbocycles. The average molecular weight is 400 g/mol. The van der Waals surface area contributed by atoms with Crippen molar-refractivity contribution in [2.75, 3.05) is 32.7 Å². The normalized spacial score (nSPS) is 15.5. The molecule has 1 aliphatic rings. The molecule has 0 spiro atoms. The average Bonchev–Trinajstić information content (AvgIpc) is 2.97. The molecule has 4 rings (SSSR count). The first-order valence-corrected chi connectivity index (χ1v) is 10.9. The third-order valence-electron chi connectivity index (χ3n) is 5.31. The van der Waals surface area contributed by atoms with E-state index < -0.39 is 0 Å². The molecule has 0 amide bonds.